The van der Waals surface area contributed by atoms with Crippen molar-refractivity contribution in [2.45, 2.75) is 6.54 Å². The summed E-state index contributed by atoms with van der Waals surface area (Å²) in [6, 6.07) is 13.5. The normalized spacial score (nSPS) is 10.8. The van der Waals surface area contributed by atoms with Gasteiger partial charge in [-0.3, -0.25) is 0 Å². The van der Waals surface area contributed by atoms with Gasteiger partial charge in [-0.15, -0.1) is 0 Å². The van der Waals surface area contributed by atoms with Gasteiger partial charge in [-0.1, -0.05) is 39.7 Å². The number of nitrogens with one attached hydrogen (secondary N) is 1. The number of para-hydroxylation sites is 1. The van der Waals surface area contributed by atoms with E-state index in [9.17, 15) is 0 Å². The Hall–Kier alpha value is -1.65. The molecule has 5 heteroatoms. The van der Waals surface area contributed by atoms with Gasteiger partial charge in [0.1, 0.15) is 5.76 Å². The Bertz CT molecular complexity index is 785. The highest BCUT2D eigenvalue weighted by Gasteiger charge is 2.09. The zero-order chi connectivity index (χ0) is 14.8. The maximum Gasteiger partial charge on any atom is 0.176 e. The molecule has 3 aromatic rings. The van der Waals surface area contributed by atoms with E-state index in [0.29, 0.717) is 11.6 Å². The van der Waals surface area contributed by atoms with E-state index in [-0.39, 0.29) is 0 Å². The summed E-state index contributed by atoms with van der Waals surface area (Å²) in [6.45, 7) is 0.550. The van der Waals surface area contributed by atoms with Crippen molar-refractivity contribution < 1.29 is 9.15 Å². The Morgan fingerprint density at radius 1 is 1.24 bits per heavy atom. The highest BCUT2D eigenvalue weighted by Crippen LogP contribution is 2.30. The number of fused-ring (bicyclic) bond motifs is 1. The number of hydrogen-bond acceptors (Lipinski definition) is 3. The van der Waals surface area contributed by atoms with Crippen LogP contribution in [0, 0.1) is 0 Å². The molecule has 3 nitrogen and oxygen atoms in total. The van der Waals surface area contributed by atoms with Crippen LogP contribution in [0.2, 0.25) is 5.02 Å². The first-order valence-corrected chi connectivity index (χ1v) is 7.59. The molecule has 108 valence electrons. The summed E-state index contributed by atoms with van der Waals surface area (Å²) >= 11 is 9.59. The third kappa shape index (κ3) is 3.01. The molecule has 0 aliphatic rings. The number of halogens is 2. The van der Waals surface area contributed by atoms with E-state index in [1.54, 1.807) is 7.11 Å². The molecular formula is C16H13BrClNO2. The summed E-state index contributed by atoms with van der Waals surface area (Å²) in [5.41, 5.74) is 1.62. The quantitative estimate of drug-likeness (QED) is 0.665. The largest absolute Gasteiger partial charge is 0.493 e. The summed E-state index contributed by atoms with van der Waals surface area (Å²) in [6.07, 6.45) is 0. The van der Waals surface area contributed by atoms with Crippen LogP contribution in [0.4, 0.5) is 5.69 Å². The van der Waals surface area contributed by atoms with Crippen LogP contribution >= 0.6 is 27.5 Å². The second-order valence-electron chi connectivity index (χ2n) is 4.57. The molecule has 2 aromatic carbocycles. The molecule has 0 bridgehead atoms. The van der Waals surface area contributed by atoms with E-state index in [2.05, 4.69) is 21.2 Å². The van der Waals surface area contributed by atoms with Gasteiger partial charge in [0.25, 0.3) is 0 Å². The van der Waals surface area contributed by atoms with Gasteiger partial charge in [-0.25, -0.2) is 0 Å². The fourth-order valence-corrected chi connectivity index (χ4v) is 2.70. The average molecular weight is 367 g/mol. The molecular weight excluding hydrogens is 354 g/mol. The first-order valence-electron chi connectivity index (χ1n) is 6.42. The van der Waals surface area contributed by atoms with Gasteiger partial charge in [-0.2, -0.15) is 0 Å². The minimum Gasteiger partial charge on any atom is -0.493 e. The molecule has 3 rings (SSSR count). The van der Waals surface area contributed by atoms with E-state index in [1.807, 2.05) is 42.5 Å². The molecule has 0 radical (unpaired) electrons. The fraction of sp³-hybridized carbons (Fsp3) is 0.125. The van der Waals surface area contributed by atoms with Crippen molar-refractivity contribution in [2.24, 2.45) is 0 Å². The molecule has 0 saturated carbocycles. The summed E-state index contributed by atoms with van der Waals surface area (Å²) < 4.78 is 12.1. The van der Waals surface area contributed by atoms with Gasteiger partial charge in [-0.05, 0) is 30.3 Å². The Morgan fingerprint density at radius 2 is 2.10 bits per heavy atom. The van der Waals surface area contributed by atoms with Crippen LogP contribution in [0.15, 0.2) is 51.4 Å². The van der Waals surface area contributed by atoms with Gasteiger partial charge in [0.15, 0.2) is 11.3 Å². The zero-order valence-electron chi connectivity index (χ0n) is 11.3. The number of hydrogen-bond donors (Lipinski definition) is 1. The topological polar surface area (TPSA) is 34.4 Å². The van der Waals surface area contributed by atoms with Crippen molar-refractivity contribution in [1.82, 2.24) is 0 Å². The van der Waals surface area contributed by atoms with E-state index in [1.165, 1.54) is 0 Å². The van der Waals surface area contributed by atoms with Crippen LogP contribution in [0.5, 0.6) is 5.75 Å². The molecule has 0 amide bonds. The van der Waals surface area contributed by atoms with E-state index in [0.717, 1.165) is 32.6 Å². The first-order chi connectivity index (χ1) is 10.2. The van der Waals surface area contributed by atoms with Crippen LogP contribution in [0.25, 0.3) is 11.0 Å². The van der Waals surface area contributed by atoms with Gasteiger partial charge in [0, 0.05) is 9.86 Å². The standard InChI is InChI=1S/C16H13BrClNO2/c1-20-15-4-2-3-10-7-12(21-16(10)15)9-19-14-8-11(17)5-6-13(14)18/h2-8,19H,9H2,1H3. The van der Waals surface area contributed by atoms with Crippen molar-refractivity contribution in [2.75, 3.05) is 12.4 Å². The number of furan rings is 1. The third-order valence-electron chi connectivity index (χ3n) is 3.16. The Balaban J connectivity index is 1.84. The number of rotatable bonds is 4. The van der Waals surface area contributed by atoms with Crippen LogP contribution < -0.4 is 10.1 Å². The molecule has 0 saturated heterocycles. The van der Waals surface area contributed by atoms with Crippen LogP contribution in [-0.2, 0) is 6.54 Å². The predicted molar refractivity (Wildman–Crippen MR) is 89.2 cm³/mol. The van der Waals surface area contributed by atoms with Crippen molar-refractivity contribution in [3.63, 3.8) is 0 Å². The van der Waals surface area contributed by atoms with Crippen LogP contribution in [-0.4, -0.2) is 7.11 Å². The van der Waals surface area contributed by atoms with Crippen molar-refractivity contribution in [3.8, 4) is 5.75 Å². The van der Waals surface area contributed by atoms with Crippen molar-refractivity contribution >= 4 is 44.2 Å². The minimum atomic E-state index is 0.550. The predicted octanol–water partition coefficient (Wildman–Crippen LogP) is 5.47. The number of methoxy groups -OCH3 is 1. The van der Waals surface area contributed by atoms with E-state index in [4.69, 9.17) is 20.8 Å². The smallest absolute Gasteiger partial charge is 0.176 e. The second-order valence-corrected chi connectivity index (χ2v) is 5.89. The number of anilines is 1. The minimum absolute atomic E-state index is 0.550. The molecule has 0 atom stereocenters. The van der Waals surface area contributed by atoms with Crippen molar-refractivity contribution in [1.29, 1.82) is 0 Å². The third-order valence-corrected chi connectivity index (χ3v) is 3.98. The highest BCUT2D eigenvalue weighted by molar-refractivity contribution is 9.10. The summed E-state index contributed by atoms with van der Waals surface area (Å²) in [4.78, 5) is 0. The SMILES string of the molecule is COc1cccc2cc(CNc3cc(Br)ccc3Cl)oc12. The van der Waals surface area contributed by atoms with Crippen molar-refractivity contribution in [3.05, 3.63) is 57.7 Å². The fourth-order valence-electron chi connectivity index (χ4n) is 2.15. The lowest BCUT2D eigenvalue weighted by molar-refractivity contribution is 0.408. The Kier molecular flexibility index (Phi) is 4.08. The van der Waals surface area contributed by atoms with Gasteiger partial charge in [0.05, 0.1) is 24.4 Å². The summed E-state index contributed by atoms with van der Waals surface area (Å²) in [7, 11) is 1.64. The van der Waals surface area contributed by atoms with Crippen LogP contribution in [0.1, 0.15) is 5.76 Å². The second kappa shape index (κ2) is 6.00. The summed E-state index contributed by atoms with van der Waals surface area (Å²) in [5, 5.41) is 4.96. The maximum atomic E-state index is 6.15. The first kappa shape index (κ1) is 14.3. The molecule has 0 aliphatic carbocycles. The monoisotopic (exact) mass is 365 g/mol. The van der Waals surface area contributed by atoms with E-state index >= 15 is 0 Å². The van der Waals surface area contributed by atoms with Gasteiger partial charge in [0.2, 0.25) is 0 Å². The lowest BCUT2D eigenvalue weighted by Gasteiger charge is -2.07. The Labute approximate surface area is 136 Å². The lowest BCUT2D eigenvalue weighted by atomic mass is 10.2. The highest BCUT2D eigenvalue weighted by atomic mass is 79.9. The van der Waals surface area contributed by atoms with Crippen LogP contribution in [0.3, 0.4) is 0 Å². The molecule has 1 heterocycles. The van der Waals surface area contributed by atoms with Gasteiger partial charge < -0.3 is 14.5 Å². The molecule has 0 fully saturated rings. The maximum absolute atomic E-state index is 6.15. The summed E-state index contributed by atoms with van der Waals surface area (Å²) in [5.74, 6) is 1.56. The van der Waals surface area contributed by atoms with E-state index < -0.39 is 0 Å². The lowest BCUT2D eigenvalue weighted by Crippen LogP contribution is -1.98. The average Bonchev–Trinajstić information content (AvgIpc) is 2.91. The molecule has 21 heavy (non-hydrogen) atoms. The Morgan fingerprint density at radius 3 is 2.90 bits per heavy atom. The van der Waals surface area contributed by atoms with Gasteiger partial charge >= 0.3 is 0 Å². The number of benzene rings is 2. The molecule has 1 aromatic heterocycles. The number of ether oxygens (including phenoxy) is 1. The molecule has 0 spiro atoms. The molecule has 0 aliphatic heterocycles. The molecule has 1 N–H and O–H groups in total. The molecule has 0 unspecified atom stereocenters. The zero-order valence-corrected chi connectivity index (χ0v) is 13.7.